The molecule has 2 N–H and O–H groups in total. The standard InChI is InChI=1S/C22H29NO.ClH/c1-4-11-19-21(18-14-9-6-10-15-18)23-20(16(2)22(19,3)24)17-12-7-5-8-13-17;/h5-10,12-16,19-21,23-24H,4,11H2,1-3H3;1H. The van der Waals surface area contributed by atoms with E-state index in [4.69, 9.17) is 0 Å². The molecule has 136 valence electrons. The molecule has 0 bridgehead atoms. The number of benzene rings is 2. The predicted octanol–water partition coefficient (Wildman–Crippen LogP) is 5.30. The molecule has 0 saturated carbocycles. The summed E-state index contributed by atoms with van der Waals surface area (Å²) in [7, 11) is 0. The van der Waals surface area contributed by atoms with Crippen molar-refractivity contribution in [2.75, 3.05) is 0 Å². The van der Waals surface area contributed by atoms with E-state index in [-0.39, 0.29) is 36.3 Å². The summed E-state index contributed by atoms with van der Waals surface area (Å²) in [6.45, 7) is 6.41. The lowest BCUT2D eigenvalue weighted by molar-refractivity contribution is -0.105. The molecule has 1 fully saturated rings. The molecule has 0 radical (unpaired) electrons. The summed E-state index contributed by atoms with van der Waals surface area (Å²) in [5.74, 6) is 0.358. The fourth-order valence-corrected chi connectivity index (χ4v) is 4.27. The zero-order valence-corrected chi connectivity index (χ0v) is 16.2. The van der Waals surface area contributed by atoms with Crippen molar-refractivity contribution in [1.29, 1.82) is 0 Å². The lowest BCUT2D eigenvalue weighted by Gasteiger charge is -2.52. The van der Waals surface area contributed by atoms with Crippen LogP contribution < -0.4 is 5.32 Å². The van der Waals surface area contributed by atoms with Crippen molar-refractivity contribution in [1.82, 2.24) is 5.32 Å². The van der Waals surface area contributed by atoms with Gasteiger partial charge in [-0.25, -0.2) is 0 Å². The summed E-state index contributed by atoms with van der Waals surface area (Å²) in [5, 5.41) is 15.3. The van der Waals surface area contributed by atoms with Gasteiger partial charge < -0.3 is 10.4 Å². The van der Waals surface area contributed by atoms with E-state index < -0.39 is 5.60 Å². The summed E-state index contributed by atoms with van der Waals surface area (Å²) in [6, 6.07) is 21.4. The highest BCUT2D eigenvalue weighted by molar-refractivity contribution is 5.85. The van der Waals surface area contributed by atoms with Crippen LogP contribution in [0.4, 0.5) is 0 Å². The van der Waals surface area contributed by atoms with Gasteiger partial charge in [0.15, 0.2) is 0 Å². The third-order valence-electron chi connectivity index (χ3n) is 5.85. The van der Waals surface area contributed by atoms with Gasteiger partial charge in [0.2, 0.25) is 0 Å². The third kappa shape index (κ3) is 3.92. The van der Waals surface area contributed by atoms with Gasteiger partial charge in [-0.2, -0.15) is 0 Å². The molecule has 2 aromatic rings. The summed E-state index contributed by atoms with van der Waals surface area (Å²) in [6.07, 6.45) is 2.10. The molecule has 1 aliphatic rings. The maximum absolute atomic E-state index is 11.5. The molecule has 1 heterocycles. The highest BCUT2D eigenvalue weighted by Crippen LogP contribution is 2.48. The van der Waals surface area contributed by atoms with Gasteiger partial charge in [0, 0.05) is 23.9 Å². The quantitative estimate of drug-likeness (QED) is 0.776. The number of nitrogens with one attached hydrogen (secondary N) is 1. The Bertz CT molecular complexity index is 644. The first-order valence-electron chi connectivity index (χ1n) is 9.14. The van der Waals surface area contributed by atoms with Crippen molar-refractivity contribution < 1.29 is 5.11 Å². The molecular weight excluding hydrogens is 330 g/mol. The lowest BCUT2D eigenvalue weighted by atomic mass is 9.65. The largest absolute Gasteiger partial charge is 0.389 e. The highest BCUT2D eigenvalue weighted by atomic mass is 35.5. The zero-order chi connectivity index (χ0) is 17.2. The van der Waals surface area contributed by atoms with Gasteiger partial charge in [-0.3, -0.25) is 0 Å². The molecule has 2 aromatic carbocycles. The fraction of sp³-hybridized carbons (Fsp3) is 0.455. The number of hydrogen-bond donors (Lipinski definition) is 2. The number of piperidine rings is 1. The van der Waals surface area contributed by atoms with E-state index in [0.29, 0.717) is 0 Å². The predicted molar refractivity (Wildman–Crippen MR) is 107 cm³/mol. The van der Waals surface area contributed by atoms with Crippen LogP contribution in [-0.2, 0) is 0 Å². The van der Waals surface area contributed by atoms with E-state index in [1.54, 1.807) is 0 Å². The normalized spacial score (nSPS) is 32.0. The van der Waals surface area contributed by atoms with Gasteiger partial charge in [0.25, 0.3) is 0 Å². The third-order valence-corrected chi connectivity index (χ3v) is 5.85. The van der Waals surface area contributed by atoms with E-state index in [0.717, 1.165) is 12.8 Å². The van der Waals surface area contributed by atoms with Crippen molar-refractivity contribution >= 4 is 12.4 Å². The molecule has 0 spiro atoms. The fourth-order valence-electron chi connectivity index (χ4n) is 4.27. The monoisotopic (exact) mass is 359 g/mol. The Balaban J connectivity index is 0.00000225. The van der Waals surface area contributed by atoms with Crippen LogP contribution in [0.3, 0.4) is 0 Å². The molecule has 0 amide bonds. The van der Waals surface area contributed by atoms with Crippen LogP contribution in [0.5, 0.6) is 0 Å². The van der Waals surface area contributed by atoms with Crippen LogP contribution in [0.1, 0.15) is 56.8 Å². The van der Waals surface area contributed by atoms with Gasteiger partial charge in [0.1, 0.15) is 0 Å². The van der Waals surface area contributed by atoms with E-state index in [1.165, 1.54) is 11.1 Å². The SMILES string of the molecule is CCCC1C(c2ccccc2)NC(c2ccccc2)C(C)C1(C)O.Cl. The number of aliphatic hydroxyl groups is 1. The summed E-state index contributed by atoms with van der Waals surface area (Å²) < 4.78 is 0. The van der Waals surface area contributed by atoms with Crippen LogP contribution >= 0.6 is 12.4 Å². The molecule has 1 saturated heterocycles. The van der Waals surface area contributed by atoms with Gasteiger partial charge in [-0.1, -0.05) is 80.9 Å². The van der Waals surface area contributed by atoms with Crippen molar-refractivity contribution in [3.8, 4) is 0 Å². The Morgan fingerprint density at radius 1 is 0.920 bits per heavy atom. The Hall–Kier alpha value is -1.35. The van der Waals surface area contributed by atoms with E-state index in [1.807, 2.05) is 13.0 Å². The molecule has 3 heteroatoms. The van der Waals surface area contributed by atoms with Gasteiger partial charge in [-0.15, -0.1) is 12.4 Å². The average Bonchev–Trinajstić information content (AvgIpc) is 2.61. The van der Waals surface area contributed by atoms with Crippen LogP contribution in [-0.4, -0.2) is 10.7 Å². The molecule has 25 heavy (non-hydrogen) atoms. The molecule has 0 aliphatic carbocycles. The average molecular weight is 360 g/mol. The van der Waals surface area contributed by atoms with Crippen molar-refractivity contribution in [3.63, 3.8) is 0 Å². The molecule has 5 unspecified atom stereocenters. The Morgan fingerprint density at radius 3 is 1.88 bits per heavy atom. The maximum atomic E-state index is 11.5. The summed E-state index contributed by atoms with van der Waals surface area (Å²) in [5.41, 5.74) is 1.81. The van der Waals surface area contributed by atoms with Gasteiger partial charge >= 0.3 is 0 Å². The molecule has 2 nitrogen and oxygen atoms in total. The molecular formula is C22H30ClNO. The Morgan fingerprint density at radius 2 is 1.40 bits per heavy atom. The molecule has 5 atom stereocenters. The smallest absolute Gasteiger partial charge is 0.0709 e. The number of halogens is 1. The van der Waals surface area contributed by atoms with Crippen LogP contribution in [0.2, 0.25) is 0 Å². The Labute approximate surface area is 158 Å². The molecule has 0 aromatic heterocycles. The van der Waals surface area contributed by atoms with E-state index in [9.17, 15) is 5.11 Å². The first kappa shape index (κ1) is 20.0. The van der Waals surface area contributed by atoms with E-state index in [2.05, 4.69) is 73.8 Å². The zero-order valence-electron chi connectivity index (χ0n) is 15.4. The maximum Gasteiger partial charge on any atom is 0.0709 e. The van der Waals surface area contributed by atoms with Gasteiger partial charge in [0.05, 0.1) is 5.60 Å². The topological polar surface area (TPSA) is 32.3 Å². The second-order valence-electron chi connectivity index (χ2n) is 7.35. The van der Waals surface area contributed by atoms with E-state index >= 15 is 0 Å². The van der Waals surface area contributed by atoms with Crippen molar-refractivity contribution in [2.45, 2.75) is 51.3 Å². The summed E-state index contributed by atoms with van der Waals surface area (Å²) in [4.78, 5) is 0. The van der Waals surface area contributed by atoms with Crippen molar-refractivity contribution in [2.24, 2.45) is 11.8 Å². The molecule has 1 aliphatic heterocycles. The Kier molecular flexibility index (Phi) is 6.67. The first-order valence-corrected chi connectivity index (χ1v) is 9.14. The highest BCUT2D eigenvalue weighted by Gasteiger charge is 2.49. The second-order valence-corrected chi connectivity index (χ2v) is 7.35. The van der Waals surface area contributed by atoms with Crippen LogP contribution in [0.25, 0.3) is 0 Å². The number of hydrogen-bond acceptors (Lipinski definition) is 2. The van der Waals surface area contributed by atoms with Crippen molar-refractivity contribution in [3.05, 3.63) is 71.8 Å². The minimum atomic E-state index is -0.706. The first-order chi connectivity index (χ1) is 11.6. The van der Waals surface area contributed by atoms with Crippen LogP contribution in [0.15, 0.2) is 60.7 Å². The summed E-state index contributed by atoms with van der Waals surface area (Å²) >= 11 is 0. The minimum Gasteiger partial charge on any atom is -0.389 e. The second kappa shape index (κ2) is 8.35. The minimum absolute atomic E-state index is 0. The van der Waals surface area contributed by atoms with Crippen LogP contribution in [0, 0.1) is 11.8 Å². The molecule has 3 rings (SSSR count). The van der Waals surface area contributed by atoms with Gasteiger partial charge in [-0.05, 0) is 24.5 Å². The lowest BCUT2D eigenvalue weighted by Crippen LogP contribution is -2.56. The number of rotatable bonds is 4.